The first kappa shape index (κ1) is 20.2. The molecule has 144 valence electrons. The normalized spacial score (nSPS) is 12.1. The third kappa shape index (κ3) is 6.34. The van der Waals surface area contributed by atoms with Crippen molar-refractivity contribution in [3.05, 3.63) is 23.0 Å². The number of rotatable bonds is 11. The summed E-state index contributed by atoms with van der Waals surface area (Å²) in [6.07, 6.45) is 3.68. The van der Waals surface area contributed by atoms with Gasteiger partial charge in [0.2, 0.25) is 0 Å². The molecular formula is C14H22N5O6P. The number of carboxylic acids is 1. The van der Waals surface area contributed by atoms with Crippen molar-refractivity contribution in [2.24, 2.45) is 0 Å². The van der Waals surface area contributed by atoms with Crippen molar-refractivity contribution in [3.8, 4) is 0 Å². The quantitative estimate of drug-likeness (QED) is 0.303. The van der Waals surface area contributed by atoms with E-state index in [0.717, 1.165) is 0 Å². The smallest absolute Gasteiger partial charge is 0.326 e. The average molecular weight is 387 g/mol. The molecule has 2 aromatic rings. The molecule has 2 aromatic heterocycles. The van der Waals surface area contributed by atoms with Crippen LogP contribution in [0.2, 0.25) is 0 Å². The fourth-order valence-corrected chi connectivity index (χ4v) is 3.07. The zero-order chi connectivity index (χ0) is 19.2. The molecule has 11 nitrogen and oxygen atoms in total. The maximum atomic E-state index is 11.7. The van der Waals surface area contributed by atoms with Crippen LogP contribution in [-0.4, -0.2) is 71.1 Å². The molecule has 2 heterocycles. The molecule has 4 N–H and O–H groups in total. The van der Waals surface area contributed by atoms with Crippen molar-refractivity contribution in [2.75, 3.05) is 25.8 Å². The van der Waals surface area contributed by atoms with Gasteiger partial charge < -0.3 is 29.3 Å². The Kier molecular flexibility index (Phi) is 7.04. The number of fused-ring (bicyclic) bond motifs is 1. The third-order valence-corrected chi connectivity index (χ3v) is 4.67. The number of H-pyrrole nitrogens is 1. The number of carbonyl (C=O) groups is 1. The van der Waals surface area contributed by atoms with Crippen LogP contribution in [0.25, 0.3) is 11.2 Å². The molecule has 0 aromatic carbocycles. The van der Waals surface area contributed by atoms with Crippen molar-refractivity contribution >= 4 is 24.7 Å². The van der Waals surface area contributed by atoms with Gasteiger partial charge in [0, 0.05) is 26.1 Å². The van der Waals surface area contributed by atoms with Crippen LogP contribution in [0.5, 0.6) is 0 Å². The van der Waals surface area contributed by atoms with Crippen LogP contribution in [-0.2, 0) is 15.9 Å². The number of aromatic amines is 1. The molecule has 0 aliphatic rings. The Labute approximate surface area is 148 Å². The van der Waals surface area contributed by atoms with E-state index in [2.05, 4.69) is 15.0 Å². The zero-order valence-corrected chi connectivity index (χ0v) is 15.0. The second-order valence-corrected chi connectivity index (χ2v) is 7.70. The van der Waals surface area contributed by atoms with Crippen molar-refractivity contribution in [3.63, 3.8) is 0 Å². The van der Waals surface area contributed by atoms with E-state index in [1.54, 1.807) is 4.57 Å². The highest BCUT2D eigenvalue weighted by Gasteiger charge is 2.16. The molecule has 0 aliphatic carbocycles. The lowest BCUT2D eigenvalue weighted by Gasteiger charge is -2.22. The van der Waals surface area contributed by atoms with E-state index < -0.39 is 13.6 Å². The summed E-state index contributed by atoms with van der Waals surface area (Å²) in [5.74, 6) is -0.868. The predicted octanol–water partition coefficient (Wildman–Crippen LogP) is -0.146. The lowest BCUT2D eigenvalue weighted by Crippen LogP contribution is -2.31. The Balaban J connectivity index is 1.97. The highest BCUT2D eigenvalue weighted by molar-refractivity contribution is 7.51. The van der Waals surface area contributed by atoms with Crippen LogP contribution in [0, 0.1) is 0 Å². The molecule has 2 rings (SSSR count). The second-order valence-electron chi connectivity index (χ2n) is 5.92. The molecule has 0 radical (unpaired) electrons. The van der Waals surface area contributed by atoms with E-state index in [0.29, 0.717) is 38.1 Å². The van der Waals surface area contributed by atoms with Crippen molar-refractivity contribution in [1.29, 1.82) is 0 Å². The maximum Gasteiger partial charge on any atom is 0.326 e. The molecule has 0 fully saturated rings. The largest absolute Gasteiger partial charge is 0.481 e. The van der Waals surface area contributed by atoms with E-state index in [9.17, 15) is 14.2 Å². The Bertz CT molecular complexity index is 844. The molecule has 0 amide bonds. The van der Waals surface area contributed by atoms with Gasteiger partial charge in [-0.25, -0.2) is 9.97 Å². The summed E-state index contributed by atoms with van der Waals surface area (Å²) in [7, 11) is -4.12. The summed E-state index contributed by atoms with van der Waals surface area (Å²) in [5.41, 5.74) is 0.339. The number of unbranched alkanes of at least 4 members (excludes halogenated alkanes) is 1. The first-order valence-corrected chi connectivity index (χ1v) is 9.93. The van der Waals surface area contributed by atoms with Crippen molar-refractivity contribution in [1.82, 2.24) is 24.4 Å². The van der Waals surface area contributed by atoms with Crippen LogP contribution in [0.1, 0.15) is 19.3 Å². The van der Waals surface area contributed by atoms with Gasteiger partial charge in [0.05, 0.1) is 18.8 Å². The van der Waals surface area contributed by atoms with Crippen molar-refractivity contribution in [2.45, 2.75) is 25.8 Å². The second kappa shape index (κ2) is 9.04. The summed E-state index contributed by atoms with van der Waals surface area (Å²) in [6, 6.07) is 0. The summed E-state index contributed by atoms with van der Waals surface area (Å²) in [6.45, 7) is 1.62. The molecule has 0 saturated carbocycles. The van der Waals surface area contributed by atoms with E-state index in [1.165, 1.54) is 12.7 Å². The molecule has 0 spiro atoms. The minimum atomic E-state index is -4.12. The predicted molar refractivity (Wildman–Crippen MR) is 93.0 cm³/mol. The number of hydrogen-bond donors (Lipinski definition) is 4. The minimum Gasteiger partial charge on any atom is -0.481 e. The van der Waals surface area contributed by atoms with Gasteiger partial charge in [-0.05, 0) is 19.4 Å². The summed E-state index contributed by atoms with van der Waals surface area (Å²) < 4.78 is 12.8. The maximum absolute atomic E-state index is 11.7. The lowest BCUT2D eigenvalue weighted by molar-refractivity contribution is -0.137. The number of imidazole rings is 1. The summed E-state index contributed by atoms with van der Waals surface area (Å²) >= 11 is 0. The van der Waals surface area contributed by atoms with Gasteiger partial charge in [-0.1, -0.05) is 0 Å². The molecule has 0 saturated heterocycles. The van der Waals surface area contributed by atoms with E-state index in [1.807, 2.05) is 4.90 Å². The molecule has 0 atom stereocenters. The van der Waals surface area contributed by atoms with Crippen LogP contribution in [0.3, 0.4) is 0 Å². The number of nitrogens with one attached hydrogen (secondary N) is 1. The molecule has 0 bridgehead atoms. The topological polar surface area (TPSA) is 162 Å². The molecule has 12 heteroatoms. The van der Waals surface area contributed by atoms with E-state index in [4.69, 9.17) is 14.9 Å². The number of aliphatic carboxylic acids is 1. The van der Waals surface area contributed by atoms with Crippen LogP contribution in [0.15, 0.2) is 17.4 Å². The van der Waals surface area contributed by atoms with Gasteiger partial charge in [0.15, 0.2) is 11.2 Å². The van der Waals surface area contributed by atoms with Crippen LogP contribution >= 0.6 is 7.60 Å². The number of aromatic nitrogens is 4. The van der Waals surface area contributed by atoms with Gasteiger partial charge in [-0.15, -0.1) is 0 Å². The fourth-order valence-electron chi connectivity index (χ4n) is 2.52. The van der Waals surface area contributed by atoms with Gasteiger partial charge in [-0.3, -0.25) is 14.2 Å². The van der Waals surface area contributed by atoms with Crippen LogP contribution in [0.4, 0.5) is 0 Å². The van der Waals surface area contributed by atoms with Crippen molar-refractivity contribution < 1.29 is 24.3 Å². The first-order chi connectivity index (χ1) is 12.3. The molecule has 0 unspecified atom stereocenters. The highest BCUT2D eigenvalue weighted by Crippen LogP contribution is 2.33. The SMILES string of the molecule is O=C(O)CCCCN(CCn1cnc2c(=O)[nH]cnc21)CCP(=O)(O)O. The van der Waals surface area contributed by atoms with Gasteiger partial charge in [0.25, 0.3) is 5.56 Å². The lowest BCUT2D eigenvalue weighted by atomic mass is 10.2. The first-order valence-electron chi connectivity index (χ1n) is 8.13. The Morgan fingerprint density at radius 2 is 2.00 bits per heavy atom. The minimum absolute atomic E-state index is 0.0607. The monoisotopic (exact) mass is 387 g/mol. The highest BCUT2D eigenvalue weighted by atomic mass is 31.2. The van der Waals surface area contributed by atoms with Crippen LogP contribution < -0.4 is 5.56 Å². The van der Waals surface area contributed by atoms with Gasteiger partial charge in [-0.2, -0.15) is 0 Å². The number of carboxylic acid groups (broad SMARTS) is 1. The number of hydrogen-bond acceptors (Lipinski definition) is 6. The summed E-state index contributed by atoms with van der Waals surface area (Å²) in [4.78, 5) is 52.8. The standard InChI is InChI=1S/C14H22N5O6P/c20-11(21)3-1-2-4-18(7-8-26(23,24)25)5-6-19-10-17-12-13(19)15-9-16-14(12)22/h9-10H,1-8H2,(H,20,21)(H,15,16,22)(H2,23,24,25). The average Bonchev–Trinajstić information content (AvgIpc) is 2.97. The van der Waals surface area contributed by atoms with Gasteiger partial charge >= 0.3 is 13.6 Å². The van der Waals surface area contributed by atoms with E-state index in [-0.39, 0.29) is 30.2 Å². The number of nitrogens with zero attached hydrogens (tertiary/aromatic N) is 4. The Morgan fingerprint density at radius 3 is 2.69 bits per heavy atom. The Hall–Kier alpha value is -2.07. The van der Waals surface area contributed by atoms with Gasteiger partial charge in [0.1, 0.15) is 0 Å². The Morgan fingerprint density at radius 1 is 1.23 bits per heavy atom. The van der Waals surface area contributed by atoms with E-state index >= 15 is 0 Å². The summed E-state index contributed by atoms with van der Waals surface area (Å²) in [5, 5.41) is 8.68. The molecule has 26 heavy (non-hydrogen) atoms. The molecular weight excluding hydrogens is 365 g/mol. The fraction of sp³-hybridized carbons (Fsp3) is 0.571. The zero-order valence-electron chi connectivity index (χ0n) is 14.1. The third-order valence-electron chi connectivity index (χ3n) is 3.89. The molecule has 0 aliphatic heterocycles.